The van der Waals surface area contributed by atoms with Crippen LogP contribution >= 0.6 is 0 Å². The fraction of sp³-hybridized carbons (Fsp3) is 0.636. The first-order valence-electron chi connectivity index (χ1n) is 5.69. The third-order valence-corrected chi connectivity index (χ3v) is 2.67. The number of methoxy groups -OCH3 is 1. The van der Waals surface area contributed by atoms with E-state index < -0.39 is 0 Å². The Kier molecular flexibility index (Phi) is 4.11. The second kappa shape index (κ2) is 5.79. The summed E-state index contributed by atoms with van der Waals surface area (Å²) in [5.41, 5.74) is 0. The van der Waals surface area contributed by atoms with Crippen LogP contribution in [-0.4, -0.2) is 61.4 Å². The van der Waals surface area contributed by atoms with E-state index >= 15 is 0 Å². The maximum Gasteiger partial charge on any atom is 0.226 e. The molecular weight excluding hydrogens is 220 g/mol. The lowest BCUT2D eigenvalue weighted by atomic mass is 10.3. The summed E-state index contributed by atoms with van der Waals surface area (Å²) in [6.45, 7) is 3.41. The van der Waals surface area contributed by atoms with E-state index in [1.54, 1.807) is 19.4 Å². The van der Waals surface area contributed by atoms with Gasteiger partial charge in [-0.3, -0.25) is 0 Å². The van der Waals surface area contributed by atoms with Crippen molar-refractivity contribution in [1.82, 2.24) is 14.9 Å². The van der Waals surface area contributed by atoms with E-state index in [0.717, 1.165) is 19.7 Å². The summed E-state index contributed by atoms with van der Waals surface area (Å²) in [7, 11) is 3.68. The van der Waals surface area contributed by atoms with Gasteiger partial charge in [-0.05, 0) is 7.05 Å². The summed E-state index contributed by atoms with van der Waals surface area (Å²) in [5.74, 6) is 1.13. The summed E-state index contributed by atoms with van der Waals surface area (Å²) in [6.07, 6.45) is 1.85. The molecule has 1 aromatic heterocycles. The van der Waals surface area contributed by atoms with Gasteiger partial charge in [0, 0.05) is 31.9 Å². The van der Waals surface area contributed by atoms with E-state index in [1.165, 1.54) is 0 Å². The topological polar surface area (TPSA) is 59.5 Å². The quantitative estimate of drug-likeness (QED) is 0.810. The molecule has 0 radical (unpaired) electrons. The molecule has 0 aromatic carbocycles. The molecule has 1 atom stereocenters. The largest absolute Gasteiger partial charge is 0.481 e. The molecule has 6 heteroatoms. The molecular formula is C11H18N4O2. The normalized spacial score (nSPS) is 21.2. The van der Waals surface area contributed by atoms with E-state index in [9.17, 15) is 0 Å². The van der Waals surface area contributed by atoms with Gasteiger partial charge in [0.25, 0.3) is 0 Å². The zero-order valence-corrected chi connectivity index (χ0v) is 10.2. The Bertz CT molecular complexity index is 361. The molecule has 1 unspecified atom stereocenters. The van der Waals surface area contributed by atoms with Crippen molar-refractivity contribution in [3.05, 3.63) is 12.3 Å². The molecule has 0 amide bonds. The first-order chi connectivity index (χ1) is 8.28. The number of morpholine rings is 1. The van der Waals surface area contributed by atoms with E-state index in [0.29, 0.717) is 18.4 Å². The lowest BCUT2D eigenvalue weighted by Crippen LogP contribution is -2.43. The van der Waals surface area contributed by atoms with Gasteiger partial charge in [0.1, 0.15) is 0 Å². The van der Waals surface area contributed by atoms with Gasteiger partial charge in [-0.25, -0.2) is 4.98 Å². The molecule has 0 spiro atoms. The third-order valence-electron chi connectivity index (χ3n) is 2.67. The number of nitrogens with one attached hydrogen (secondary N) is 1. The van der Waals surface area contributed by atoms with Crippen LogP contribution in [0.15, 0.2) is 12.3 Å². The average molecular weight is 238 g/mol. The third kappa shape index (κ3) is 3.54. The van der Waals surface area contributed by atoms with Crippen LogP contribution in [0.25, 0.3) is 0 Å². The molecule has 0 saturated carbocycles. The highest BCUT2D eigenvalue weighted by Crippen LogP contribution is 2.08. The van der Waals surface area contributed by atoms with Gasteiger partial charge in [0.05, 0.1) is 19.8 Å². The minimum Gasteiger partial charge on any atom is -0.481 e. The zero-order valence-electron chi connectivity index (χ0n) is 10.2. The Labute approximate surface area is 101 Å². The Morgan fingerprint density at radius 3 is 3.29 bits per heavy atom. The number of anilines is 1. The molecule has 94 valence electrons. The van der Waals surface area contributed by atoms with Crippen LogP contribution in [0.4, 0.5) is 5.95 Å². The Hall–Kier alpha value is -1.40. The van der Waals surface area contributed by atoms with Crippen LogP contribution in [-0.2, 0) is 4.74 Å². The second-order valence-corrected chi connectivity index (χ2v) is 4.06. The molecule has 0 bridgehead atoms. The van der Waals surface area contributed by atoms with Crippen molar-refractivity contribution in [2.45, 2.75) is 6.10 Å². The fourth-order valence-electron chi connectivity index (χ4n) is 1.74. The number of likely N-dealkylation sites (N-methyl/N-ethyl adjacent to an activating group) is 1. The number of hydrogen-bond acceptors (Lipinski definition) is 6. The molecule has 1 aliphatic heterocycles. The van der Waals surface area contributed by atoms with Gasteiger partial charge in [-0.1, -0.05) is 0 Å². The smallest absolute Gasteiger partial charge is 0.226 e. The van der Waals surface area contributed by atoms with Crippen molar-refractivity contribution >= 4 is 5.95 Å². The van der Waals surface area contributed by atoms with Crippen molar-refractivity contribution in [3.63, 3.8) is 0 Å². The summed E-state index contributed by atoms with van der Waals surface area (Å²) in [4.78, 5) is 10.6. The molecule has 2 heterocycles. The van der Waals surface area contributed by atoms with Crippen LogP contribution in [0.1, 0.15) is 0 Å². The maximum absolute atomic E-state index is 5.64. The van der Waals surface area contributed by atoms with Gasteiger partial charge < -0.3 is 19.7 Å². The molecule has 6 nitrogen and oxygen atoms in total. The lowest BCUT2D eigenvalue weighted by molar-refractivity contribution is -0.0118. The highest BCUT2D eigenvalue weighted by molar-refractivity contribution is 5.27. The summed E-state index contributed by atoms with van der Waals surface area (Å²) in [5, 5.41) is 3.16. The predicted octanol–water partition coefficient (Wildman–Crippen LogP) is 0.228. The van der Waals surface area contributed by atoms with E-state index in [-0.39, 0.29) is 6.10 Å². The van der Waals surface area contributed by atoms with Crippen LogP contribution in [0.2, 0.25) is 0 Å². The molecule has 17 heavy (non-hydrogen) atoms. The first kappa shape index (κ1) is 12.1. The van der Waals surface area contributed by atoms with Gasteiger partial charge in [-0.2, -0.15) is 4.98 Å². The Morgan fingerprint density at radius 2 is 2.53 bits per heavy atom. The maximum atomic E-state index is 5.64. The Morgan fingerprint density at radius 1 is 1.65 bits per heavy atom. The van der Waals surface area contributed by atoms with Crippen LogP contribution in [0.5, 0.6) is 5.88 Å². The minimum atomic E-state index is 0.184. The molecule has 1 fully saturated rings. The minimum absolute atomic E-state index is 0.184. The highest BCUT2D eigenvalue weighted by Gasteiger charge is 2.17. The van der Waals surface area contributed by atoms with Crippen molar-refractivity contribution < 1.29 is 9.47 Å². The second-order valence-electron chi connectivity index (χ2n) is 4.06. The number of ether oxygens (including phenoxy) is 2. The van der Waals surface area contributed by atoms with Crippen LogP contribution < -0.4 is 10.1 Å². The first-order valence-corrected chi connectivity index (χ1v) is 5.69. The van der Waals surface area contributed by atoms with Gasteiger partial charge in [-0.15, -0.1) is 0 Å². The fourth-order valence-corrected chi connectivity index (χ4v) is 1.74. The molecule has 1 N–H and O–H groups in total. The SMILES string of the molecule is COc1ccnc(NCC2CN(C)CCO2)n1. The number of aromatic nitrogens is 2. The average Bonchev–Trinajstić information content (AvgIpc) is 2.37. The van der Waals surface area contributed by atoms with Gasteiger partial charge in [0.2, 0.25) is 11.8 Å². The summed E-state index contributed by atoms with van der Waals surface area (Å²) < 4.78 is 10.7. The van der Waals surface area contributed by atoms with Crippen molar-refractivity contribution in [3.8, 4) is 5.88 Å². The molecule has 1 saturated heterocycles. The zero-order chi connectivity index (χ0) is 12.1. The number of nitrogens with zero attached hydrogens (tertiary/aromatic N) is 3. The molecule has 1 aromatic rings. The van der Waals surface area contributed by atoms with Crippen molar-refractivity contribution in [2.24, 2.45) is 0 Å². The highest BCUT2D eigenvalue weighted by atomic mass is 16.5. The van der Waals surface area contributed by atoms with E-state index in [4.69, 9.17) is 9.47 Å². The predicted molar refractivity (Wildman–Crippen MR) is 64.3 cm³/mol. The van der Waals surface area contributed by atoms with E-state index in [1.807, 2.05) is 0 Å². The lowest BCUT2D eigenvalue weighted by Gasteiger charge is -2.30. The number of rotatable bonds is 4. The van der Waals surface area contributed by atoms with E-state index in [2.05, 4.69) is 27.2 Å². The summed E-state index contributed by atoms with van der Waals surface area (Å²) in [6, 6.07) is 1.72. The Balaban J connectivity index is 1.84. The monoisotopic (exact) mass is 238 g/mol. The molecule has 1 aliphatic rings. The van der Waals surface area contributed by atoms with Gasteiger partial charge >= 0.3 is 0 Å². The molecule has 0 aliphatic carbocycles. The standard InChI is InChI=1S/C11H18N4O2/c1-15-5-6-17-9(8-15)7-13-11-12-4-3-10(14-11)16-2/h3-4,9H,5-8H2,1-2H3,(H,12,13,14). The summed E-state index contributed by atoms with van der Waals surface area (Å²) >= 11 is 0. The molecule has 2 rings (SSSR count). The van der Waals surface area contributed by atoms with Gasteiger partial charge in [0.15, 0.2) is 0 Å². The van der Waals surface area contributed by atoms with Crippen molar-refractivity contribution in [2.75, 3.05) is 45.7 Å². The van der Waals surface area contributed by atoms with Crippen LogP contribution in [0.3, 0.4) is 0 Å². The number of hydrogen-bond donors (Lipinski definition) is 1. The van der Waals surface area contributed by atoms with Crippen LogP contribution in [0, 0.1) is 0 Å². The van der Waals surface area contributed by atoms with Crippen molar-refractivity contribution in [1.29, 1.82) is 0 Å².